The van der Waals surface area contributed by atoms with Gasteiger partial charge in [0.2, 0.25) is 11.8 Å². The van der Waals surface area contributed by atoms with Crippen LogP contribution in [0.5, 0.6) is 0 Å². The maximum absolute atomic E-state index is 11.8. The van der Waals surface area contributed by atoms with E-state index in [2.05, 4.69) is 21.2 Å². The lowest BCUT2D eigenvalue weighted by Crippen LogP contribution is -2.32. The number of amides is 2. The van der Waals surface area contributed by atoms with E-state index in [1.54, 1.807) is 4.90 Å². The summed E-state index contributed by atoms with van der Waals surface area (Å²) in [6.07, 6.45) is 0.961. The maximum Gasteiger partial charge on any atom is 0.241 e. The summed E-state index contributed by atoms with van der Waals surface area (Å²) < 4.78 is 1.58. The van der Waals surface area contributed by atoms with Gasteiger partial charge >= 0.3 is 0 Å². The van der Waals surface area contributed by atoms with Crippen molar-refractivity contribution >= 4 is 61.7 Å². The van der Waals surface area contributed by atoms with Gasteiger partial charge in [-0.2, -0.15) is 0 Å². The Morgan fingerprint density at radius 2 is 2.10 bits per heavy atom. The number of anilines is 1. The monoisotopic (exact) mass is 386 g/mol. The van der Waals surface area contributed by atoms with Crippen molar-refractivity contribution in [2.75, 3.05) is 11.9 Å². The van der Waals surface area contributed by atoms with Crippen LogP contribution in [0.2, 0.25) is 0 Å². The first-order chi connectivity index (χ1) is 9.97. The second kappa shape index (κ2) is 7.38. The fourth-order valence-corrected chi connectivity index (χ4v) is 3.65. The third-order valence-electron chi connectivity index (χ3n) is 3.03. The first-order valence-electron chi connectivity index (χ1n) is 6.55. The molecule has 1 heterocycles. The van der Waals surface area contributed by atoms with Crippen LogP contribution in [0.4, 0.5) is 5.69 Å². The summed E-state index contributed by atoms with van der Waals surface area (Å²) in [6.45, 7) is 2.35. The summed E-state index contributed by atoms with van der Waals surface area (Å²) in [5.74, 6) is -0.0195. The van der Waals surface area contributed by atoms with Crippen molar-refractivity contribution in [2.24, 2.45) is 0 Å². The van der Waals surface area contributed by atoms with E-state index in [0.717, 1.165) is 10.2 Å². The van der Waals surface area contributed by atoms with Gasteiger partial charge in [0.1, 0.15) is 4.32 Å². The van der Waals surface area contributed by atoms with E-state index in [0.29, 0.717) is 23.7 Å². The number of thiocarbonyl (C=S) groups is 1. The summed E-state index contributed by atoms with van der Waals surface area (Å²) in [4.78, 5) is 25.3. The van der Waals surface area contributed by atoms with Crippen LogP contribution in [0.1, 0.15) is 19.8 Å². The molecule has 1 unspecified atom stereocenters. The Morgan fingerprint density at radius 3 is 2.67 bits per heavy atom. The fraction of sp³-hybridized carbons (Fsp3) is 0.357. The quantitative estimate of drug-likeness (QED) is 0.787. The highest BCUT2D eigenvalue weighted by Gasteiger charge is 2.33. The predicted molar refractivity (Wildman–Crippen MR) is 93.4 cm³/mol. The smallest absolute Gasteiger partial charge is 0.241 e. The molecule has 1 aromatic carbocycles. The number of hydrogen-bond acceptors (Lipinski definition) is 4. The molecule has 112 valence electrons. The molecular formula is C14H15BrN2O2S2. The Kier molecular flexibility index (Phi) is 5.78. The highest BCUT2D eigenvalue weighted by molar-refractivity contribution is 9.10. The Balaban J connectivity index is 1.76. The zero-order valence-corrected chi connectivity index (χ0v) is 14.7. The first kappa shape index (κ1) is 16.5. The number of benzene rings is 1. The van der Waals surface area contributed by atoms with Gasteiger partial charge in [0.25, 0.3) is 0 Å². The number of nitrogens with one attached hydrogen (secondary N) is 1. The van der Waals surface area contributed by atoms with Crippen molar-refractivity contribution in [3.8, 4) is 0 Å². The van der Waals surface area contributed by atoms with Gasteiger partial charge in [-0.1, -0.05) is 39.9 Å². The van der Waals surface area contributed by atoms with Crippen LogP contribution in [-0.2, 0) is 9.59 Å². The van der Waals surface area contributed by atoms with E-state index in [4.69, 9.17) is 12.2 Å². The molecule has 4 nitrogen and oxygen atoms in total. The van der Waals surface area contributed by atoms with Crippen LogP contribution >= 0.6 is 39.9 Å². The molecule has 0 aliphatic carbocycles. The molecule has 0 saturated carbocycles. The summed E-state index contributed by atoms with van der Waals surface area (Å²) in [5, 5.41) is 2.72. The molecule has 0 spiro atoms. The van der Waals surface area contributed by atoms with Crippen LogP contribution in [-0.4, -0.2) is 32.8 Å². The van der Waals surface area contributed by atoms with E-state index in [9.17, 15) is 9.59 Å². The summed E-state index contributed by atoms with van der Waals surface area (Å²) in [7, 11) is 0. The van der Waals surface area contributed by atoms with Crippen molar-refractivity contribution in [2.45, 2.75) is 25.0 Å². The number of halogens is 1. The molecule has 0 bridgehead atoms. The van der Waals surface area contributed by atoms with Crippen LogP contribution in [0.3, 0.4) is 0 Å². The third kappa shape index (κ3) is 4.52. The normalized spacial score (nSPS) is 18.2. The summed E-state index contributed by atoms with van der Waals surface area (Å²) in [6, 6.07) is 7.41. The predicted octanol–water partition coefficient (Wildman–Crippen LogP) is 3.42. The minimum absolute atomic E-state index is 0.0401. The molecule has 1 aliphatic rings. The second-order valence-corrected chi connectivity index (χ2v) is 7.56. The average molecular weight is 387 g/mol. The molecule has 1 N–H and O–H groups in total. The van der Waals surface area contributed by atoms with Gasteiger partial charge in [0, 0.05) is 23.1 Å². The van der Waals surface area contributed by atoms with Gasteiger partial charge in [0.15, 0.2) is 0 Å². The van der Waals surface area contributed by atoms with Crippen molar-refractivity contribution in [3.63, 3.8) is 0 Å². The topological polar surface area (TPSA) is 49.4 Å². The highest BCUT2D eigenvalue weighted by Crippen LogP contribution is 2.26. The zero-order valence-electron chi connectivity index (χ0n) is 11.5. The van der Waals surface area contributed by atoms with Crippen LogP contribution in [0, 0.1) is 0 Å². The van der Waals surface area contributed by atoms with E-state index in [1.807, 2.05) is 31.2 Å². The number of carbonyl (C=O) groups excluding carboxylic acids is 2. The van der Waals surface area contributed by atoms with E-state index < -0.39 is 0 Å². The Bertz CT molecular complexity index is 563. The molecule has 21 heavy (non-hydrogen) atoms. The van der Waals surface area contributed by atoms with Gasteiger partial charge in [-0.3, -0.25) is 14.5 Å². The fourth-order valence-electron chi connectivity index (χ4n) is 1.93. The number of rotatable bonds is 5. The molecule has 1 atom stereocenters. The van der Waals surface area contributed by atoms with Gasteiger partial charge < -0.3 is 5.32 Å². The van der Waals surface area contributed by atoms with E-state index in [-0.39, 0.29) is 17.1 Å². The molecule has 2 rings (SSSR count). The van der Waals surface area contributed by atoms with Crippen LogP contribution in [0.25, 0.3) is 0 Å². The maximum atomic E-state index is 11.8. The standard InChI is InChI=1S/C14H15BrN2O2S2/c1-9-13(19)17(14(20)21-9)8-2-3-12(18)16-11-6-4-10(15)5-7-11/h4-7,9H,2-3,8H2,1H3,(H,16,18). The van der Waals surface area contributed by atoms with Crippen LogP contribution < -0.4 is 5.32 Å². The van der Waals surface area contributed by atoms with Gasteiger partial charge in [-0.15, -0.1) is 0 Å². The molecule has 1 fully saturated rings. The minimum Gasteiger partial charge on any atom is -0.326 e. The molecule has 1 aromatic rings. The minimum atomic E-state index is -0.103. The lowest BCUT2D eigenvalue weighted by Gasteiger charge is -2.14. The molecule has 7 heteroatoms. The molecular weight excluding hydrogens is 372 g/mol. The average Bonchev–Trinajstić information content (AvgIpc) is 2.68. The third-order valence-corrected chi connectivity index (χ3v) is 5.04. The van der Waals surface area contributed by atoms with Crippen molar-refractivity contribution in [1.82, 2.24) is 4.90 Å². The number of carbonyl (C=O) groups is 2. The lowest BCUT2D eigenvalue weighted by atomic mass is 10.2. The molecule has 2 amide bonds. The van der Waals surface area contributed by atoms with Gasteiger partial charge in [-0.05, 0) is 37.6 Å². The number of hydrogen-bond donors (Lipinski definition) is 1. The number of thioether (sulfide) groups is 1. The van der Waals surface area contributed by atoms with Gasteiger partial charge in [-0.25, -0.2) is 0 Å². The largest absolute Gasteiger partial charge is 0.326 e. The SMILES string of the molecule is CC1SC(=S)N(CCCC(=O)Nc2ccc(Br)cc2)C1=O. The van der Waals surface area contributed by atoms with Crippen LogP contribution in [0.15, 0.2) is 28.7 Å². The molecule has 0 radical (unpaired) electrons. The zero-order chi connectivity index (χ0) is 15.4. The van der Waals surface area contributed by atoms with E-state index >= 15 is 0 Å². The Hall–Kier alpha value is -0.920. The van der Waals surface area contributed by atoms with Crippen molar-refractivity contribution in [3.05, 3.63) is 28.7 Å². The first-order valence-corrected chi connectivity index (χ1v) is 8.63. The lowest BCUT2D eigenvalue weighted by molar-refractivity contribution is -0.126. The Morgan fingerprint density at radius 1 is 1.43 bits per heavy atom. The molecule has 1 saturated heterocycles. The number of nitrogens with zero attached hydrogens (tertiary/aromatic N) is 1. The highest BCUT2D eigenvalue weighted by atomic mass is 79.9. The molecule has 0 aromatic heterocycles. The summed E-state index contributed by atoms with van der Waals surface area (Å²) in [5.41, 5.74) is 0.764. The van der Waals surface area contributed by atoms with Crippen molar-refractivity contribution < 1.29 is 9.59 Å². The second-order valence-electron chi connectivity index (χ2n) is 4.67. The molecule has 1 aliphatic heterocycles. The van der Waals surface area contributed by atoms with Crippen molar-refractivity contribution in [1.29, 1.82) is 0 Å². The van der Waals surface area contributed by atoms with E-state index in [1.165, 1.54) is 11.8 Å². The van der Waals surface area contributed by atoms with Gasteiger partial charge in [0.05, 0.1) is 5.25 Å². The summed E-state index contributed by atoms with van der Waals surface area (Å²) >= 11 is 9.90. The Labute approximate surface area is 141 Å².